The van der Waals surface area contributed by atoms with Crippen molar-refractivity contribution in [1.82, 2.24) is 29.5 Å². The van der Waals surface area contributed by atoms with Crippen LogP contribution < -0.4 is 14.8 Å². The molecule has 0 radical (unpaired) electrons. The molecule has 10 nitrogen and oxygen atoms in total. The van der Waals surface area contributed by atoms with E-state index in [4.69, 9.17) is 9.47 Å². The molecule has 0 bridgehead atoms. The van der Waals surface area contributed by atoms with Gasteiger partial charge in [0.05, 0.1) is 30.1 Å². The quantitative estimate of drug-likeness (QED) is 0.373. The molecule has 0 saturated heterocycles. The van der Waals surface area contributed by atoms with E-state index in [9.17, 15) is 4.79 Å². The number of methoxy groups -OCH3 is 1. The number of aryl methyl sites for hydroxylation is 3. The van der Waals surface area contributed by atoms with Crippen LogP contribution >= 0.6 is 0 Å². The molecule has 5 rings (SSSR count). The predicted molar refractivity (Wildman–Crippen MR) is 135 cm³/mol. The highest BCUT2D eigenvalue weighted by Gasteiger charge is 2.18. The number of rotatable bonds is 7. The van der Waals surface area contributed by atoms with E-state index in [2.05, 4.69) is 51.5 Å². The molecule has 182 valence electrons. The van der Waals surface area contributed by atoms with Gasteiger partial charge < -0.3 is 14.8 Å². The summed E-state index contributed by atoms with van der Waals surface area (Å²) in [6.07, 6.45) is 3.16. The summed E-state index contributed by atoms with van der Waals surface area (Å²) in [6, 6.07) is 15.0. The van der Waals surface area contributed by atoms with Gasteiger partial charge in [-0.1, -0.05) is 18.2 Å². The van der Waals surface area contributed by atoms with Crippen molar-refractivity contribution in [2.45, 2.75) is 20.8 Å². The molecule has 3 heterocycles. The summed E-state index contributed by atoms with van der Waals surface area (Å²) >= 11 is 0. The summed E-state index contributed by atoms with van der Waals surface area (Å²) in [5, 5.41) is 12.7. The predicted octanol–water partition coefficient (Wildman–Crippen LogP) is 3.95. The molecule has 2 aromatic carbocycles. The van der Waals surface area contributed by atoms with Crippen LogP contribution in [0.15, 0.2) is 61.1 Å². The van der Waals surface area contributed by atoms with E-state index in [-0.39, 0.29) is 12.5 Å². The van der Waals surface area contributed by atoms with E-state index in [1.165, 1.54) is 11.9 Å². The molecular weight excluding hydrogens is 458 g/mol. The molecule has 0 saturated carbocycles. The van der Waals surface area contributed by atoms with Crippen molar-refractivity contribution in [1.29, 1.82) is 0 Å². The van der Waals surface area contributed by atoms with Gasteiger partial charge in [0.2, 0.25) is 0 Å². The standard InChI is InChI=1S/C26H25N7O3/c1-16-9-10-19(11-17(16)2)32-25-20(13-29-32)26(28-15-27-25)33-23(12-18(3)31-33)30-24(34)14-36-22-8-6-5-7-21(22)35-4/h5-13,15H,14H2,1-4H3,(H,30,34). The van der Waals surface area contributed by atoms with Gasteiger partial charge in [0, 0.05) is 6.07 Å². The molecule has 0 atom stereocenters. The van der Waals surface area contributed by atoms with E-state index in [1.54, 1.807) is 40.9 Å². The second-order valence-corrected chi connectivity index (χ2v) is 8.33. The number of anilines is 1. The van der Waals surface area contributed by atoms with Crippen molar-refractivity contribution in [3.8, 4) is 23.0 Å². The van der Waals surface area contributed by atoms with Crippen LogP contribution in [-0.4, -0.2) is 49.2 Å². The fourth-order valence-electron chi connectivity index (χ4n) is 3.86. The number of carbonyl (C=O) groups excluding carboxylic acids is 1. The Bertz CT molecular complexity index is 1570. The summed E-state index contributed by atoms with van der Waals surface area (Å²) in [4.78, 5) is 21.6. The van der Waals surface area contributed by atoms with Crippen LogP contribution in [0.4, 0.5) is 5.82 Å². The number of carbonyl (C=O) groups is 1. The van der Waals surface area contributed by atoms with Crippen LogP contribution in [0.25, 0.3) is 22.5 Å². The minimum atomic E-state index is -0.349. The fraction of sp³-hybridized carbons (Fsp3) is 0.192. The molecule has 36 heavy (non-hydrogen) atoms. The Morgan fingerprint density at radius 1 is 0.972 bits per heavy atom. The monoisotopic (exact) mass is 483 g/mol. The number of ether oxygens (including phenoxy) is 2. The van der Waals surface area contributed by atoms with Crippen LogP contribution in [-0.2, 0) is 4.79 Å². The molecule has 0 aliphatic carbocycles. The molecule has 0 aliphatic rings. The van der Waals surface area contributed by atoms with Crippen molar-refractivity contribution < 1.29 is 14.3 Å². The topological polar surface area (TPSA) is 109 Å². The van der Waals surface area contributed by atoms with Gasteiger partial charge in [0.15, 0.2) is 29.6 Å². The Balaban J connectivity index is 1.43. The number of amides is 1. The molecule has 1 N–H and O–H groups in total. The molecule has 0 unspecified atom stereocenters. The Hall–Kier alpha value is -4.73. The van der Waals surface area contributed by atoms with Crippen LogP contribution in [0.2, 0.25) is 0 Å². The number of para-hydroxylation sites is 2. The van der Waals surface area contributed by atoms with Gasteiger partial charge in [-0.2, -0.15) is 14.9 Å². The lowest BCUT2D eigenvalue weighted by Gasteiger charge is -2.11. The first-order valence-corrected chi connectivity index (χ1v) is 11.3. The average molecular weight is 484 g/mol. The SMILES string of the molecule is COc1ccccc1OCC(=O)Nc1cc(C)nn1-c1ncnc2c1cnn2-c1ccc(C)c(C)c1. The zero-order chi connectivity index (χ0) is 25.2. The Kier molecular flexibility index (Phi) is 6.07. The molecule has 0 spiro atoms. The van der Waals surface area contributed by atoms with Crippen molar-refractivity contribution in [3.63, 3.8) is 0 Å². The summed E-state index contributed by atoms with van der Waals surface area (Å²) in [5.41, 5.74) is 4.61. The first-order chi connectivity index (χ1) is 17.4. The molecule has 0 fully saturated rings. The highest BCUT2D eigenvalue weighted by molar-refractivity contribution is 5.92. The summed E-state index contributed by atoms with van der Waals surface area (Å²) in [6.45, 7) is 5.77. The normalized spacial score (nSPS) is 11.0. The average Bonchev–Trinajstić information content (AvgIpc) is 3.47. The number of benzene rings is 2. The third-order valence-corrected chi connectivity index (χ3v) is 5.81. The van der Waals surface area contributed by atoms with Gasteiger partial charge in [-0.05, 0) is 56.2 Å². The van der Waals surface area contributed by atoms with Gasteiger partial charge in [-0.3, -0.25) is 4.79 Å². The highest BCUT2D eigenvalue weighted by atomic mass is 16.5. The van der Waals surface area contributed by atoms with Crippen molar-refractivity contribution in [2.75, 3.05) is 19.0 Å². The molecular formula is C26H25N7O3. The number of nitrogens with one attached hydrogen (secondary N) is 1. The number of hydrogen-bond acceptors (Lipinski definition) is 7. The van der Waals surface area contributed by atoms with Gasteiger partial charge >= 0.3 is 0 Å². The third-order valence-electron chi connectivity index (χ3n) is 5.81. The van der Waals surface area contributed by atoms with E-state index < -0.39 is 0 Å². The van der Waals surface area contributed by atoms with Crippen LogP contribution in [0.1, 0.15) is 16.8 Å². The van der Waals surface area contributed by atoms with Crippen molar-refractivity contribution in [2.24, 2.45) is 0 Å². The smallest absolute Gasteiger partial charge is 0.263 e. The lowest BCUT2D eigenvalue weighted by atomic mass is 10.1. The lowest BCUT2D eigenvalue weighted by Crippen LogP contribution is -2.22. The molecule has 3 aromatic heterocycles. The zero-order valence-electron chi connectivity index (χ0n) is 20.4. The minimum absolute atomic E-state index is 0.200. The van der Waals surface area contributed by atoms with Crippen LogP contribution in [0.3, 0.4) is 0 Å². The number of nitrogens with zero attached hydrogens (tertiary/aromatic N) is 6. The Morgan fingerprint density at radius 2 is 1.78 bits per heavy atom. The summed E-state index contributed by atoms with van der Waals surface area (Å²) < 4.78 is 14.3. The maximum absolute atomic E-state index is 12.7. The van der Waals surface area contributed by atoms with Crippen LogP contribution in [0, 0.1) is 20.8 Å². The number of aromatic nitrogens is 6. The largest absolute Gasteiger partial charge is 0.493 e. The lowest BCUT2D eigenvalue weighted by molar-refractivity contribution is -0.118. The number of fused-ring (bicyclic) bond motifs is 1. The second-order valence-electron chi connectivity index (χ2n) is 8.33. The van der Waals surface area contributed by atoms with Crippen LogP contribution in [0.5, 0.6) is 11.5 Å². The summed E-state index contributed by atoms with van der Waals surface area (Å²) in [5.74, 6) is 1.65. The number of hydrogen-bond donors (Lipinski definition) is 1. The van der Waals surface area contributed by atoms with Gasteiger partial charge in [0.25, 0.3) is 5.91 Å². The van der Waals surface area contributed by atoms with Gasteiger partial charge in [-0.15, -0.1) is 0 Å². The Labute approximate surface area is 207 Å². The second kappa shape index (κ2) is 9.49. The molecule has 5 aromatic rings. The molecule has 1 amide bonds. The van der Waals surface area contributed by atoms with E-state index >= 15 is 0 Å². The van der Waals surface area contributed by atoms with Gasteiger partial charge in [0.1, 0.15) is 12.1 Å². The first kappa shape index (κ1) is 23.0. The highest BCUT2D eigenvalue weighted by Crippen LogP contribution is 2.27. The fourth-order valence-corrected chi connectivity index (χ4v) is 3.86. The molecule has 0 aliphatic heterocycles. The van der Waals surface area contributed by atoms with Crippen molar-refractivity contribution >= 4 is 22.8 Å². The summed E-state index contributed by atoms with van der Waals surface area (Å²) in [7, 11) is 1.55. The third kappa shape index (κ3) is 4.36. The maximum Gasteiger partial charge on any atom is 0.263 e. The maximum atomic E-state index is 12.7. The minimum Gasteiger partial charge on any atom is -0.493 e. The van der Waals surface area contributed by atoms with E-state index in [0.717, 1.165) is 11.3 Å². The van der Waals surface area contributed by atoms with E-state index in [0.29, 0.717) is 39.9 Å². The van der Waals surface area contributed by atoms with Crippen molar-refractivity contribution in [3.05, 3.63) is 77.9 Å². The zero-order valence-corrected chi connectivity index (χ0v) is 20.4. The Morgan fingerprint density at radius 3 is 2.56 bits per heavy atom. The first-order valence-electron chi connectivity index (χ1n) is 11.3. The molecule has 10 heteroatoms. The van der Waals surface area contributed by atoms with E-state index in [1.807, 2.05) is 25.1 Å². The van der Waals surface area contributed by atoms with Gasteiger partial charge in [-0.25, -0.2) is 14.6 Å².